The zero-order valence-electron chi connectivity index (χ0n) is 14.7. The molecule has 1 aromatic rings. The molecule has 138 valence electrons. The molecule has 0 spiro atoms. The number of aliphatic hydroxyl groups excluding tert-OH is 1. The molecule has 25 heavy (non-hydrogen) atoms. The van der Waals surface area contributed by atoms with Gasteiger partial charge in [-0.05, 0) is 25.8 Å². The van der Waals surface area contributed by atoms with Crippen molar-refractivity contribution in [3.63, 3.8) is 0 Å². The van der Waals surface area contributed by atoms with Crippen molar-refractivity contribution in [1.29, 1.82) is 0 Å². The van der Waals surface area contributed by atoms with Crippen LogP contribution in [0, 0.1) is 11.7 Å². The summed E-state index contributed by atoms with van der Waals surface area (Å²) < 4.78 is 18.5. The van der Waals surface area contributed by atoms with Crippen LogP contribution in [0.5, 0.6) is 0 Å². The predicted octanol–water partition coefficient (Wildman–Crippen LogP) is 1.71. The Morgan fingerprint density at radius 1 is 1.44 bits per heavy atom. The van der Waals surface area contributed by atoms with Crippen LogP contribution in [0.25, 0.3) is 0 Å². The Labute approximate surface area is 147 Å². The lowest BCUT2D eigenvalue weighted by Gasteiger charge is -2.33. The topological polar surface area (TPSA) is 74.2 Å². The van der Waals surface area contributed by atoms with E-state index in [2.05, 4.69) is 15.2 Å². The van der Waals surface area contributed by atoms with Crippen LogP contribution in [-0.2, 0) is 9.53 Å². The highest BCUT2D eigenvalue weighted by Gasteiger charge is 2.27. The van der Waals surface area contributed by atoms with Gasteiger partial charge in [-0.15, -0.1) is 0 Å². The van der Waals surface area contributed by atoms with Crippen molar-refractivity contribution in [2.75, 3.05) is 33.3 Å². The third-order valence-corrected chi connectivity index (χ3v) is 4.34. The molecule has 0 aliphatic carbocycles. The molecule has 2 rings (SSSR count). The zero-order valence-corrected chi connectivity index (χ0v) is 14.7. The number of ether oxygens (including phenoxy) is 1. The highest BCUT2D eigenvalue weighted by molar-refractivity contribution is 5.80. The number of piperidine rings is 1. The highest BCUT2D eigenvalue weighted by atomic mass is 19.1. The summed E-state index contributed by atoms with van der Waals surface area (Å²) in [5.74, 6) is -0.0139. The number of methoxy groups -OCH3 is 1. The molecule has 1 aliphatic rings. The van der Waals surface area contributed by atoms with Crippen molar-refractivity contribution in [3.8, 4) is 0 Å². The van der Waals surface area contributed by atoms with Gasteiger partial charge in [-0.3, -0.25) is 9.79 Å². The quantitative estimate of drug-likeness (QED) is 0.480. The second-order valence-electron chi connectivity index (χ2n) is 6.02. The number of hydrogen-bond donors (Lipinski definition) is 2. The molecule has 1 aromatic carbocycles. The minimum Gasteiger partial charge on any atom is -0.469 e. The summed E-state index contributed by atoms with van der Waals surface area (Å²) in [6.07, 6.45) is 0.405. The van der Waals surface area contributed by atoms with Gasteiger partial charge in [0.05, 0.1) is 19.6 Å². The van der Waals surface area contributed by atoms with E-state index < -0.39 is 11.9 Å². The monoisotopic (exact) mass is 351 g/mol. The molecule has 1 heterocycles. The van der Waals surface area contributed by atoms with Crippen LogP contribution in [0.4, 0.5) is 4.39 Å². The number of benzene rings is 1. The van der Waals surface area contributed by atoms with Crippen LogP contribution in [0.1, 0.15) is 31.4 Å². The molecule has 0 saturated carbocycles. The number of aliphatic imine (C=N–C) groups is 1. The van der Waals surface area contributed by atoms with Gasteiger partial charge in [0.25, 0.3) is 0 Å². The average molecular weight is 351 g/mol. The number of guanidine groups is 1. The second-order valence-corrected chi connectivity index (χ2v) is 6.02. The number of nitrogens with one attached hydrogen (secondary N) is 1. The van der Waals surface area contributed by atoms with Gasteiger partial charge in [0, 0.05) is 25.2 Å². The highest BCUT2D eigenvalue weighted by Crippen LogP contribution is 2.20. The van der Waals surface area contributed by atoms with E-state index in [1.54, 1.807) is 18.2 Å². The Morgan fingerprint density at radius 2 is 2.12 bits per heavy atom. The molecule has 0 amide bonds. The van der Waals surface area contributed by atoms with Gasteiger partial charge in [0.2, 0.25) is 0 Å². The first-order valence-electron chi connectivity index (χ1n) is 8.60. The lowest BCUT2D eigenvalue weighted by molar-refractivity contribution is -0.146. The van der Waals surface area contributed by atoms with Crippen molar-refractivity contribution in [1.82, 2.24) is 10.2 Å². The van der Waals surface area contributed by atoms with Crippen molar-refractivity contribution in [3.05, 3.63) is 35.6 Å². The average Bonchev–Trinajstić information content (AvgIpc) is 2.64. The molecular formula is C18H26FN3O3. The maximum Gasteiger partial charge on any atom is 0.308 e. The summed E-state index contributed by atoms with van der Waals surface area (Å²) in [4.78, 5) is 18.1. The van der Waals surface area contributed by atoms with Crippen molar-refractivity contribution >= 4 is 11.9 Å². The molecule has 1 fully saturated rings. The molecule has 1 atom stereocenters. The number of hydrogen-bond acceptors (Lipinski definition) is 4. The lowest BCUT2D eigenvalue weighted by atomic mass is 9.97. The lowest BCUT2D eigenvalue weighted by Crippen LogP contribution is -2.46. The number of carbonyl (C=O) groups excluding carboxylic acids is 1. The predicted molar refractivity (Wildman–Crippen MR) is 93.7 cm³/mol. The molecule has 0 aromatic heterocycles. The molecular weight excluding hydrogens is 325 g/mol. The fraction of sp³-hybridized carbons (Fsp3) is 0.556. The third kappa shape index (κ3) is 5.16. The molecule has 7 heteroatoms. The minimum absolute atomic E-state index is 0.0696. The summed E-state index contributed by atoms with van der Waals surface area (Å²) >= 11 is 0. The summed E-state index contributed by atoms with van der Waals surface area (Å²) in [7, 11) is 1.41. The fourth-order valence-electron chi connectivity index (χ4n) is 2.94. The Hall–Kier alpha value is -2.15. The first-order chi connectivity index (χ1) is 12.1. The van der Waals surface area contributed by atoms with E-state index in [-0.39, 0.29) is 24.0 Å². The SMILES string of the molecule is CCNC(=NCC(O)c1ccccc1F)N1CCC(C(=O)OC)CC1. The molecule has 2 N–H and O–H groups in total. The number of aliphatic hydroxyl groups is 1. The van der Waals surface area contributed by atoms with Crippen LogP contribution in [0.15, 0.2) is 29.3 Å². The number of nitrogens with zero attached hydrogens (tertiary/aromatic N) is 2. The number of carbonyl (C=O) groups is 1. The number of likely N-dealkylation sites (tertiary alicyclic amines) is 1. The van der Waals surface area contributed by atoms with E-state index in [1.807, 2.05) is 6.92 Å². The molecule has 0 bridgehead atoms. The zero-order chi connectivity index (χ0) is 18.2. The first kappa shape index (κ1) is 19.2. The van der Waals surface area contributed by atoms with E-state index >= 15 is 0 Å². The van der Waals surface area contributed by atoms with Crippen LogP contribution in [0.2, 0.25) is 0 Å². The van der Waals surface area contributed by atoms with Crippen molar-refractivity contribution in [2.24, 2.45) is 10.9 Å². The van der Waals surface area contributed by atoms with E-state index in [0.717, 1.165) is 0 Å². The van der Waals surface area contributed by atoms with Gasteiger partial charge < -0.3 is 20.1 Å². The van der Waals surface area contributed by atoms with Gasteiger partial charge in [0.15, 0.2) is 5.96 Å². The van der Waals surface area contributed by atoms with Crippen molar-refractivity contribution in [2.45, 2.75) is 25.9 Å². The summed E-state index contributed by atoms with van der Waals surface area (Å²) in [5.41, 5.74) is 0.242. The first-order valence-corrected chi connectivity index (χ1v) is 8.60. The molecule has 1 aliphatic heterocycles. The van der Waals surface area contributed by atoms with Crippen LogP contribution in [-0.4, -0.2) is 55.2 Å². The largest absolute Gasteiger partial charge is 0.469 e. The summed E-state index contributed by atoms with van der Waals surface area (Å²) in [6.45, 7) is 4.08. The van der Waals surface area contributed by atoms with Crippen LogP contribution in [0.3, 0.4) is 0 Å². The maximum atomic E-state index is 13.7. The Balaban J connectivity index is 1.99. The summed E-state index contributed by atoms with van der Waals surface area (Å²) in [5, 5.41) is 13.4. The maximum absolute atomic E-state index is 13.7. The molecule has 0 radical (unpaired) electrons. The second kappa shape index (κ2) is 9.36. The van der Waals surface area contributed by atoms with E-state index in [1.165, 1.54) is 13.2 Å². The van der Waals surface area contributed by atoms with Gasteiger partial charge >= 0.3 is 5.97 Å². The van der Waals surface area contributed by atoms with E-state index in [0.29, 0.717) is 38.4 Å². The van der Waals surface area contributed by atoms with Gasteiger partial charge in [0.1, 0.15) is 11.9 Å². The van der Waals surface area contributed by atoms with Crippen LogP contribution < -0.4 is 5.32 Å². The molecule has 1 saturated heterocycles. The van der Waals surface area contributed by atoms with E-state index in [4.69, 9.17) is 4.74 Å². The summed E-state index contributed by atoms with van der Waals surface area (Å²) in [6, 6.07) is 6.16. The smallest absolute Gasteiger partial charge is 0.308 e. The third-order valence-electron chi connectivity index (χ3n) is 4.34. The standard InChI is InChI=1S/C18H26FN3O3/c1-3-20-18(22-10-8-13(9-11-22)17(24)25-2)21-12-16(23)14-6-4-5-7-15(14)19/h4-7,13,16,23H,3,8-12H2,1-2H3,(H,20,21). The molecule has 6 nitrogen and oxygen atoms in total. The van der Waals surface area contributed by atoms with Gasteiger partial charge in [-0.25, -0.2) is 4.39 Å². The Kier molecular flexibility index (Phi) is 7.18. The van der Waals surface area contributed by atoms with Gasteiger partial charge in [-0.1, -0.05) is 18.2 Å². The normalized spacial score (nSPS) is 17.3. The number of esters is 1. The van der Waals surface area contributed by atoms with Gasteiger partial charge in [-0.2, -0.15) is 0 Å². The van der Waals surface area contributed by atoms with Crippen molar-refractivity contribution < 1.29 is 19.0 Å². The number of rotatable bonds is 5. The Morgan fingerprint density at radius 3 is 2.72 bits per heavy atom. The van der Waals surface area contributed by atoms with Crippen LogP contribution >= 0.6 is 0 Å². The Bertz CT molecular complexity index is 601. The fourth-order valence-corrected chi connectivity index (χ4v) is 2.94. The molecule has 1 unspecified atom stereocenters. The van der Waals surface area contributed by atoms with E-state index in [9.17, 15) is 14.3 Å². The minimum atomic E-state index is -0.998. The number of halogens is 1.